The second-order valence-electron chi connectivity index (χ2n) is 4.33. The van der Waals surface area contributed by atoms with Crippen LogP contribution in [0.4, 0.5) is 0 Å². The van der Waals surface area contributed by atoms with Crippen LogP contribution in [0.2, 0.25) is 0 Å². The van der Waals surface area contributed by atoms with Crippen molar-refractivity contribution in [1.82, 2.24) is 0 Å². The third-order valence-corrected chi connectivity index (χ3v) is 8.38. The van der Waals surface area contributed by atoms with Crippen LogP contribution in [0.1, 0.15) is 6.92 Å². The maximum Gasteiger partial charge on any atom is 0.150 e. The van der Waals surface area contributed by atoms with Gasteiger partial charge >= 0.3 is 0 Å². The third-order valence-electron chi connectivity index (χ3n) is 2.95. The minimum atomic E-state index is -0.0450. The Balaban J connectivity index is 2.15. The monoisotopic (exact) mass is 375 g/mol. The summed E-state index contributed by atoms with van der Waals surface area (Å²) >= 11 is 4.68. The van der Waals surface area contributed by atoms with Gasteiger partial charge in [-0.3, -0.25) is 0 Å². The zero-order valence-electron chi connectivity index (χ0n) is 11.4. The van der Waals surface area contributed by atoms with Gasteiger partial charge in [-0.05, 0) is 6.92 Å². The van der Waals surface area contributed by atoms with Crippen molar-refractivity contribution in [3.8, 4) is 29.7 Å². The third kappa shape index (κ3) is 2.45. The van der Waals surface area contributed by atoms with E-state index in [-0.39, 0.29) is 17.1 Å². The van der Waals surface area contributed by atoms with Crippen LogP contribution >= 0.6 is 47.0 Å². The number of rotatable bonds is 0. The van der Waals surface area contributed by atoms with E-state index >= 15 is 0 Å². The number of fused-ring (bicyclic) bond motifs is 2. The average molecular weight is 375 g/mol. The number of phenolic OH excluding ortho intramolecular Hbond substituents is 2. The first kappa shape index (κ1) is 16.0. The highest BCUT2D eigenvalue weighted by Gasteiger charge is 2.36. The predicted octanol–water partition coefficient (Wildman–Crippen LogP) is 4.51. The Morgan fingerprint density at radius 2 is 1.13 bits per heavy atom. The van der Waals surface area contributed by atoms with E-state index in [0.717, 1.165) is 27.8 Å². The first-order chi connectivity index (χ1) is 11.0. The molecule has 0 aliphatic carbocycles. The summed E-state index contributed by atoms with van der Waals surface area (Å²) in [7, 11) is 0. The first-order valence-corrected chi connectivity index (χ1v) is 9.27. The topological polar surface area (TPSA) is 112 Å². The Bertz CT molecular complexity index is 884. The van der Waals surface area contributed by atoms with Crippen molar-refractivity contribution >= 4 is 47.0 Å². The highest BCUT2D eigenvalue weighted by atomic mass is 32.2. The van der Waals surface area contributed by atoms with Crippen molar-refractivity contribution in [2.45, 2.75) is 26.5 Å². The summed E-state index contributed by atoms with van der Waals surface area (Å²) in [6.07, 6.45) is 0. The van der Waals surface area contributed by atoms with Crippen molar-refractivity contribution in [2.75, 3.05) is 0 Å². The molecule has 1 aromatic rings. The zero-order chi connectivity index (χ0) is 16.7. The number of phenols is 2. The summed E-state index contributed by atoms with van der Waals surface area (Å²) in [6, 6.07) is 5.69. The molecule has 2 N–H and O–H groups in total. The van der Waals surface area contributed by atoms with E-state index < -0.39 is 0 Å². The summed E-state index contributed by atoms with van der Waals surface area (Å²) in [5.74, 6) is 0.0162. The lowest BCUT2D eigenvalue weighted by molar-refractivity contribution is 0.411. The van der Waals surface area contributed by atoms with Gasteiger partial charge in [0.25, 0.3) is 0 Å². The Morgan fingerprint density at radius 1 is 0.739 bits per heavy atom. The van der Waals surface area contributed by atoms with Gasteiger partial charge in [-0.25, -0.2) is 0 Å². The number of aromatic hydroxyl groups is 2. The van der Waals surface area contributed by atoms with E-state index in [0.29, 0.717) is 29.4 Å². The van der Waals surface area contributed by atoms with Crippen LogP contribution in [0.15, 0.2) is 39.2 Å². The maximum absolute atomic E-state index is 10.5. The minimum absolute atomic E-state index is 0.00812. The highest BCUT2D eigenvalue weighted by molar-refractivity contribution is 8.25. The van der Waals surface area contributed by atoms with E-state index in [1.165, 1.54) is 23.5 Å². The van der Waals surface area contributed by atoms with Gasteiger partial charge in [-0.15, -0.1) is 0 Å². The maximum atomic E-state index is 10.5. The van der Waals surface area contributed by atoms with Gasteiger partial charge in [0.05, 0.1) is 34.1 Å². The van der Waals surface area contributed by atoms with Gasteiger partial charge in [-0.2, -0.15) is 15.8 Å². The summed E-state index contributed by atoms with van der Waals surface area (Å²) in [4.78, 5) is 1.88. The van der Waals surface area contributed by atoms with Crippen molar-refractivity contribution in [3.05, 3.63) is 19.6 Å². The van der Waals surface area contributed by atoms with Crippen LogP contribution in [-0.4, -0.2) is 10.2 Å². The van der Waals surface area contributed by atoms with Crippen molar-refractivity contribution in [1.29, 1.82) is 15.8 Å². The Labute approximate surface area is 148 Å². The average Bonchev–Trinajstić information content (AvgIpc) is 3.18. The van der Waals surface area contributed by atoms with Crippen LogP contribution in [0.25, 0.3) is 0 Å². The molecule has 9 heteroatoms. The van der Waals surface area contributed by atoms with Crippen LogP contribution in [0.5, 0.6) is 11.5 Å². The standard InChI is InChI=1S/C14H5N3O2S4/c1-5(2-15)13-20-9-7(18)11-12(8(19)10(9)21-13)23-14(22-11)6(3-16)4-17/h18-19H,1H3. The van der Waals surface area contributed by atoms with Crippen molar-refractivity contribution < 1.29 is 10.2 Å². The molecule has 0 aromatic heterocycles. The number of nitrogens with zero attached hydrogens (tertiary/aromatic N) is 3. The Morgan fingerprint density at radius 3 is 1.48 bits per heavy atom. The molecule has 23 heavy (non-hydrogen) atoms. The second kappa shape index (κ2) is 5.99. The normalized spacial score (nSPS) is 14.5. The molecule has 0 amide bonds. The molecule has 5 nitrogen and oxygen atoms in total. The predicted molar refractivity (Wildman–Crippen MR) is 89.8 cm³/mol. The number of benzene rings is 1. The fraction of sp³-hybridized carbons (Fsp3) is 0.0714. The molecule has 2 aliphatic heterocycles. The lowest BCUT2D eigenvalue weighted by Gasteiger charge is -2.08. The fourth-order valence-corrected chi connectivity index (χ4v) is 6.89. The summed E-state index contributed by atoms with van der Waals surface area (Å²) in [6.45, 7) is 1.68. The largest absolute Gasteiger partial charge is 0.505 e. The van der Waals surface area contributed by atoms with E-state index in [4.69, 9.17) is 15.8 Å². The van der Waals surface area contributed by atoms with Crippen molar-refractivity contribution in [2.24, 2.45) is 0 Å². The smallest absolute Gasteiger partial charge is 0.150 e. The molecule has 0 atom stereocenters. The SMILES string of the molecule is CC(C#N)=C1Sc2c(O)c3c(c(O)c2S1)SC(=C(C#N)C#N)S3. The molecule has 0 spiro atoms. The zero-order valence-corrected chi connectivity index (χ0v) is 14.6. The molecular weight excluding hydrogens is 370 g/mol. The van der Waals surface area contributed by atoms with Gasteiger partial charge in [0, 0.05) is 5.57 Å². The van der Waals surface area contributed by atoms with E-state index in [1.54, 1.807) is 6.92 Å². The minimum Gasteiger partial charge on any atom is -0.505 e. The molecular formula is C14H5N3O2S4. The number of nitriles is 3. The lowest BCUT2D eigenvalue weighted by Crippen LogP contribution is -1.81. The Hall–Kier alpha value is -1.83. The highest BCUT2D eigenvalue weighted by Crippen LogP contribution is 2.67. The molecule has 112 valence electrons. The van der Waals surface area contributed by atoms with Crippen molar-refractivity contribution in [3.63, 3.8) is 0 Å². The summed E-state index contributed by atoms with van der Waals surface area (Å²) in [5, 5.41) is 47.9. The molecule has 0 saturated carbocycles. The van der Waals surface area contributed by atoms with E-state index in [1.807, 2.05) is 12.1 Å². The molecule has 2 aliphatic rings. The molecule has 0 fully saturated rings. The molecule has 0 radical (unpaired) electrons. The van der Waals surface area contributed by atoms with Gasteiger partial charge in [0.1, 0.15) is 29.2 Å². The molecule has 0 bridgehead atoms. The van der Waals surface area contributed by atoms with E-state index in [2.05, 4.69) is 6.07 Å². The first-order valence-electron chi connectivity index (χ1n) is 6.00. The van der Waals surface area contributed by atoms with Gasteiger partial charge in [0.2, 0.25) is 0 Å². The molecule has 2 heterocycles. The van der Waals surface area contributed by atoms with Gasteiger partial charge < -0.3 is 10.2 Å². The van der Waals surface area contributed by atoms with Gasteiger partial charge in [0.15, 0.2) is 0 Å². The number of hydrogen-bond acceptors (Lipinski definition) is 9. The molecule has 3 rings (SSSR count). The quantitative estimate of drug-likeness (QED) is 0.499. The summed E-state index contributed by atoms with van der Waals surface area (Å²) in [5.41, 5.74) is 0.476. The second-order valence-corrected chi connectivity index (χ2v) is 8.93. The van der Waals surface area contributed by atoms with Crippen LogP contribution in [0, 0.1) is 34.0 Å². The number of hydrogen-bond donors (Lipinski definition) is 2. The number of allylic oxidation sites excluding steroid dienone is 2. The number of thioether (sulfide) groups is 4. The lowest BCUT2D eigenvalue weighted by atomic mass is 10.3. The van der Waals surface area contributed by atoms with Crippen LogP contribution < -0.4 is 0 Å². The Kier molecular flexibility index (Phi) is 4.18. The van der Waals surface area contributed by atoms with E-state index in [9.17, 15) is 10.2 Å². The fourth-order valence-electron chi connectivity index (χ4n) is 1.84. The van der Waals surface area contributed by atoms with Crippen LogP contribution in [0.3, 0.4) is 0 Å². The molecule has 0 unspecified atom stereocenters. The summed E-state index contributed by atoms with van der Waals surface area (Å²) < 4.78 is 1.16. The molecule has 0 saturated heterocycles. The van der Waals surface area contributed by atoms with Crippen LogP contribution in [-0.2, 0) is 0 Å². The molecule has 1 aromatic carbocycles. The van der Waals surface area contributed by atoms with Gasteiger partial charge in [-0.1, -0.05) is 47.0 Å².